The average Bonchev–Trinajstić information content (AvgIpc) is 2.33. The SMILES string of the molecule is CN(C)n1cnc(C(=O)O)c1. The molecule has 1 N–H and O–H groups in total. The number of aromatic carboxylic acids is 1. The molecule has 0 aliphatic heterocycles. The number of carbonyl (C=O) groups is 1. The Balaban J connectivity index is 2.90. The van der Waals surface area contributed by atoms with Crippen molar-refractivity contribution >= 4 is 5.97 Å². The van der Waals surface area contributed by atoms with Crippen molar-refractivity contribution in [1.82, 2.24) is 9.66 Å². The summed E-state index contributed by atoms with van der Waals surface area (Å²) in [5.41, 5.74) is 0.0544. The topological polar surface area (TPSA) is 58.4 Å². The second-order valence-electron chi connectivity index (χ2n) is 2.29. The number of carboxylic acids is 1. The van der Waals surface area contributed by atoms with E-state index in [4.69, 9.17) is 5.11 Å². The summed E-state index contributed by atoms with van der Waals surface area (Å²) in [6, 6.07) is 0. The third-order valence-corrected chi connectivity index (χ3v) is 1.25. The Hall–Kier alpha value is -1.52. The fourth-order valence-corrected chi connectivity index (χ4v) is 0.642. The van der Waals surface area contributed by atoms with Gasteiger partial charge in [-0.1, -0.05) is 0 Å². The Morgan fingerprint density at radius 3 is 2.64 bits per heavy atom. The molecule has 0 amide bonds. The molecule has 0 aliphatic rings. The van der Waals surface area contributed by atoms with E-state index in [-0.39, 0.29) is 5.69 Å². The van der Waals surface area contributed by atoms with Crippen molar-refractivity contribution in [3.05, 3.63) is 18.2 Å². The summed E-state index contributed by atoms with van der Waals surface area (Å²) in [5.74, 6) is -1.01. The Labute approximate surface area is 63.9 Å². The number of aromatic nitrogens is 2. The van der Waals surface area contributed by atoms with Crippen LogP contribution in [0.15, 0.2) is 12.5 Å². The van der Waals surface area contributed by atoms with Crippen LogP contribution in [0.2, 0.25) is 0 Å². The van der Waals surface area contributed by atoms with E-state index in [2.05, 4.69) is 4.98 Å². The van der Waals surface area contributed by atoms with Crippen LogP contribution >= 0.6 is 0 Å². The van der Waals surface area contributed by atoms with Gasteiger partial charge in [0.05, 0.1) is 6.20 Å². The molecule has 5 heteroatoms. The Morgan fingerprint density at radius 1 is 1.73 bits per heavy atom. The summed E-state index contributed by atoms with van der Waals surface area (Å²) in [6.07, 6.45) is 2.89. The predicted molar refractivity (Wildman–Crippen MR) is 39.3 cm³/mol. The fraction of sp³-hybridized carbons (Fsp3) is 0.333. The number of imidazole rings is 1. The lowest BCUT2D eigenvalue weighted by molar-refractivity contribution is 0.0691. The number of carboxylic acid groups (broad SMARTS) is 1. The molecule has 0 bridgehead atoms. The van der Waals surface area contributed by atoms with Crippen LogP contribution < -0.4 is 5.01 Å². The van der Waals surface area contributed by atoms with E-state index >= 15 is 0 Å². The third kappa shape index (κ3) is 1.49. The van der Waals surface area contributed by atoms with E-state index in [1.165, 1.54) is 12.5 Å². The van der Waals surface area contributed by atoms with Gasteiger partial charge in [-0.25, -0.2) is 9.78 Å². The number of hydrogen-bond donors (Lipinski definition) is 1. The van der Waals surface area contributed by atoms with Gasteiger partial charge in [0.1, 0.15) is 6.33 Å². The zero-order valence-corrected chi connectivity index (χ0v) is 6.35. The summed E-state index contributed by atoms with van der Waals surface area (Å²) >= 11 is 0. The van der Waals surface area contributed by atoms with Gasteiger partial charge < -0.3 is 10.1 Å². The van der Waals surface area contributed by atoms with Crippen molar-refractivity contribution in [1.29, 1.82) is 0 Å². The van der Waals surface area contributed by atoms with E-state index in [1.807, 2.05) is 0 Å². The first-order valence-corrected chi connectivity index (χ1v) is 3.06. The van der Waals surface area contributed by atoms with Gasteiger partial charge in [0, 0.05) is 14.1 Å². The predicted octanol–water partition coefficient (Wildman–Crippen LogP) is -0.221. The van der Waals surface area contributed by atoms with Crippen LogP contribution in [-0.4, -0.2) is 34.8 Å². The highest BCUT2D eigenvalue weighted by atomic mass is 16.4. The third-order valence-electron chi connectivity index (χ3n) is 1.25. The highest BCUT2D eigenvalue weighted by Crippen LogP contribution is 1.94. The first-order valence-electron chi connectivity index (χ1n) is 3.06. The molecule has 1 aromatic rings. The Kier molecular flexibility index (Phi) is 1.80. The summed E-state index contributed by atoms with van der Waals surface area (Å²) < 4.78 is 1.59. The normalized spacial score (nSPS) is 9.64. The van der Waals surface area contributed by atoms with Crippen molar-refractivity contribution in [3.8, 4) is 0 Å². The molecule has 1 rings (SSSR count). The number of hydrogen-bond acceptors (Lipinski definition) is 3. The fourth-order valence-electron chi connectivity index (χ4n) is 0.642. The van der Waals surface area contributed by atoms with Crippen molar-refractivity contribution in [2.24, 2.45) is 0 Å². The molecule has 0 saturated carbocycles. The van der Waals surface area contributed by atoms with Crippen LogP contribution in [0, 0.1) is 0 Å². The second-order valence-corrected chi connectivity index (χ2v) is 2.29. The molecular formula is C6H9N3O2. The van der Waals surface area contributed by atoms with Crippen molar-refractivity contribution in [3.63, 3.8) is 0 Å². The molecular weight excluding hydrogens is 146 g/mol. The maximum atomic E-state index is 10.3. The zero-order chi connectivity index (χ0) is 8.43. The first kappa shape index (κ1) is 7.59. The van der Waals surface area contributed by atoms with E-state index in [0.29, 0.717) is 0 Å². The summed E-state index contributed by atoms with van der Waals surface area (Å²) in [6.45, 7) is 0. The molecule has 0 unspecified atom stereocenters. The minimum Gasteiger partial charge on any atom is -0.476 e. The smallest absolute Gasteiger partial charge is 0.356 e. The lowest BCUT2D eigenvalue weighted by Crippen LogP contribution is -2.22. The van der Waals surface area contributed by atoms with E-state index in [9.17, 15) is 4.79 Å². The van der Waals surface area contributed by atoms with Crippen LogP contribution in [0.3, 0.4) is 0 Å². The van der Waals surface area contributed by atoms with E-state index in [0.717, 1.165) is 0 Å². The molecule has 0 radical (unpaired) electrons. The molecule has 1 heterocycles. The molecule has 0 atom stereocenters. The van der Waals surface area contributed by atoms with Gasteiger partial charge in [-0.3, -0.25) is 4.68 Å². The largest absolute Gasteiger partial charge is 0.476 e. The minimum absolute atomic E-state index is 0.0544. The van der Waals surface area contributed by atoms with Crippen LogP contribution in [0.1, 0.15) is 10.5 Å². The lowest BCUT2D eigenvalue weighted by atomic mass is 10.5. The van der Waals surface area contributed by atoms with E-state index in [1.54, 1.807) is 23.8 Å². The highest BCUT2D eigenvalue weighted by Gasteiger charge is 2.06. The van der Waals surface area contributed by atoms with Crippen LogP contribution in [0.5, 0.6) is 0 Å². The van der Waals surface area contributed by atoms with Gasteiger partial charge in [-0.15, -0.1) is 0 Å². The van der Waals surface area contributed by atoms with Gasteiger partial charge >= 0.3 is 5.97 Å². The van der Waals surface area contributed by atoms with Gasteiger partial charge in [0.15, 0.2) is 5.69 Å². The molecule has 5 nitrogen and oxygen atoms in total. The zero-order valence-electron chi connectivity index (χ0n) is 6.35. The Bertz CT molecular complexity index is 267. The number of rotatable bonds is 2. The van der Waals surface area contributed by atoms with Gasteiger partial charge in [-0.05, 0) is 0 Å². The van der Waals surface area contributed by atoms with Crippen LogP contribution in [-0.2, 0) is 0 Å². The van der Waals surface area contributed by atoms with E-state index < -0.39 is 5.97 Å². The van der Waals surface area contributed by atoms with Crippen LogP contribution in [0.4, 0.5) is 0 Å². The summed E-state index contributed by atoms with van der Waals surface area (Å²) in [5, 5.41) is 10.2. The molecule has 0 aliphatic carbocycles. The van der Waals surface area contributed by atoms with Crippen molar-refractivity contribution in [2.75, 3.05) is 19.1 Å². The quantitative estimate of drug-likeness (QED) is 0.641. The molecule has 60 valence electrons. The number of nitrogens with zero attached hydrogens (tertiary/aromatic N) is 3. The summed E-state index contributed by atoms with van der Waals surface area (Å²) in [7, 11) is 3.60. The molecule has 0 aromatic carbocycles. The molecule has 11 heavy (non-hydrogen) atoms. The molecule has 0 fully saturated rings. The van der Waals surface area contributed by atoms with Gasteiger partial charge in [0.25, 0.3) is 0 Å². The Morgan fingerprint density at radius 2 is 2.36 bits per heavy atom. The average molecular weight is 155 g/mol. The van der Waals surface area contributed by atoms with Crippen molar-refractivity contribution < 1.29 is 9.90 Å². The standard InChI is InChI=1S/C6H9N3O2/c1-8(2)9-3-5(6(10)11)7-4-9/h3-4H,1-2H3,(H,10,11). The molecule has 0 saturated heterocycles. The van der Waals surface area contributed by atoms with Gasteiger partial charge in [-0.2, -0.15) is 0 Å². The van der Waals surface area contributed by atoms with Gasteiger partial charge in [0.2, 0.25) is 0 Å². The monoisotopic (exact) mass is 155 g/mol. The highest BCUT2D eigenvalue weighted by molar-refractivity contribution is 5.84. The maximum absolute atomic E-state index is 10.3. The van der Waals surface area contributed by atoms with Crippen LogP contribution in [0.25, 0.3) is 0 Å². The minimum atomic E-state index is -1.01. The maximum Gasteiger partial charge on any atom is 0.356 e. The first-order chi connectivity index (χ1) is 5.11. The van der Waals surface area contributed by atoms with Crippen molar-refractivity contribution in [2.45, 2.75) is 0 Å². The molecule has 1 aromatic heterocycles. The molecule has 0 spiro atoms. The lowest BCUT2D eigenvalue weighted by Gasteiger charge is -2.11. The second kappa shape index (κ2) is 2.61. The summed E-state index contributed by atoms with van der Waals surface area (Å²) in [4.78, 5) is 14.0.